The van der Waals surface area contributed by atoms with Crippen LogP contribution in [-0.4, -0.2) is 40.3 Å². The van der Waals surface area contributed by atoms with Gasteiger partial charge in [-0.2, -0.15) is 0 Å². The molecule has 7 nitrogen and oxygen atoms in total. The molecule has 1 aromatic carbocycles. The number of nitro groups is 1. The molecule has 27 heavy (non-hydrogen) atoms. The Labute approximate surface area is 159 Å². The highest BCUT2D eigenvalue weighted by Gasteiger charge is 2.42. The predicted molar refractivity (Wildman–Crippen MR) is 104 cm³/mol. The summed E-state index contributed by atoms with van der Waals surface area (Å²) in [5.41, 5.74) is -0.590. The van der Waals surface area contributed by atoms with E-state index >= 15 is 0 Å². The number of benzene rings is 1. The van der Waals surface area contributed by atoms with Gasteiger partial charge in [-0.25, -0.2) is 0 Å². The maximum absolute atomic E-state index is 13.0. The van der Waals surface area contributed by atoms with Gasteiger partial charge >= 0.3 is 0 Å². The lowest BCUT2D eigenvalue weighted by molar-refractivity contribution is -0.385. The molecular formula is C20H27N3O4. The average molecular weight is 373 g/mol. The molecule has 0 saturated heterocycles. The third-order valence-electron chi connectivity index (χ3n) is 5.08. The van der Waals surface area contributed by atoms with Crippen LogP contribution in [0.4, 0.5) is 5.69 Å². The molecule has 0 unspecified atom stereocenters. The van der Waals surface area contributed by atoms with Gasteiger partial charge in [-0.05, 0) is 38.8 Å². The van der Waals surface area contributed by atoms with Crippen molar-refractivity contribution in [2.45, 2.75) is 51.5 Å². The van der Waals surface area contributed by atoms with E-state index < -0.39 is 16.4 Å². The van der Waals surface area contributed by atoms with Crippen LogP contribution in [0.1, 0.15) is 51.5 Å². The number of carbonyl (C=O) groups is 2. The van der Waals surface area contributed by atoms with Crippen LogP contribution in [0.25, 0.3) is 6.08 Å². The molecule has 2 rings (SSSR count). The summed E-state index contributed by atoms with van der Waals surface area (Å²) in [5, 5.41) is 14.0. The van der Waals surface area contributed by atoms with Crippen molar-refractivity contribution in [1.82, 2.24) is 10.2 Å². The van der Waals surface area contributed by atoms with Crippen LogP contribution in [0.15, 0.2) is 30.3 Å². The molecule has 146 valence electrons. The normalized spacial score (nSPS) is 16.1. The van der Waals surface area contributed by atoms with Crippen molar-refractivity contribution in [2.75, 3.05) is 13.1 Å². The fraction of sp³-hybridized carbons (Fsp3) is 0.500. The maximum atomic E-state index is 13.0. The van der Waals surface area contributed by atoms with Crippen molar-refractivity contribution in [3.8, 4) is 0 Å². The highest BCUT2D eigenvalue weighted by Crippen LogP contribution is 2.30. The lowest BCUT2D eigenvalue weighted by atomic mass is 9.80. The Morgan fingerprint density at radius 2 is 1.81 bits per heavy atom. The van der Waals surface area contributed by atoms with Crippen molar-refractivity contribution in [1.29, 1.82) is 0 Å². The maximum Gasteiger partial charge on any atom is 0.276 e. The van der Waals surface area contributed by atoms with Gasteiger partial charge in [-0.1, -0.05) is 31.4 Å². The lowest BCUT2D eigenvalue weighted by Crippen LogP contribution is -2.60. The Morgan fingerprint density at radius 3 is 2.41 bits per heavy atom. The molecular weight excluding hydrogens is 346 g/mol. The molecule has 0 atom stereocenters. The number of likely N-dealkylation sites (N-methyl/N-ethyl adjacent to an activating group) is 1. The van der Waals surface area contributed by atoms with Crippen molar-refractivity contribution < 1.29 is 14.5 Å². The summed E-state index contributed by atoms with van der Waals surface area (Å²) in [7, 11) is 0. The van der Waals surface area contributed by atoms with Gasteiger partial charge in [-0.15, -0.1) is 0 Å². The van der Waals surface area contributed by atoms with Crippen LogP contribution < -0.4 is 5.32 Å². The number of hydrogen-bond donors (Lipinski definition) is 1. The topological polar surface area (TPSA) is 92.6 Å². The van der Waals surface area contributed by atoms with E-state index in [1.807, 2.05) is 13.8 Å². The number of nitrogens with zero attached hydrogens (tertiary/aromatic N) is 2. The average Bonchev–Trinajstić information content (AvgIpc) is 2.68. The van der Waals surface area contributed by atoms with Crippen molar-refractivity contribution in [2.24, 2.45) is 0 Å². The molecule has 1 fully saturated rings. The third kappa shape index (κ3) is 4.93. The molecule has 0 radical (unpaired) electrons. The highest BCUT2D eigenvalue weighted by molar-refractivity contribution is 5.98. The van der Waals surface area contributed by atoms with E-state index in [2.05, 4.69) is 5.32 Å². The summed E-state index contributed by atoms with van der Waals surface area (Å²) in [5.74, 6) is -0.449. The van der Waals surface area contributed by atoms with Gasteiger partial charge < -0.3 is 10.2 Å². The van der Waals surface area contributed by atoms with Crippen molar-refractivity contribution in [3.05, 3.63) is 46.0 Å². The summed E-state index contributed by atoms with van der Waals surface area (Å²) in [6, 6.07) is 6.23. The number of rotatable bonds is 7. The second kappa shape index (κ2) is 9.30. The zero-order valence-corrected chi connectivity index (χ0v) is 15.9. The number of nitro benzene ring substituents is 1. The molecule has 0 spiro atoms. The number of carbonyl (C=O) groups excluding carboxylic acids is 2. The largest absolute Gasteiger partial charge is 0.341 e. The summed E-state index contributed by atoms with van der Waals surface area (Å²) in [6.07, 6.45) is 6.76. The summed E-state index contributed by atoms with van der Waals surface area (Å²) >= 11 is 0. The second-order valence-corrected chi connectivity index (χ2v) is 6.76. The minimum absolute atomic E-state index is 0.0420. The van der Waals surface area contributed by atoms with E-state index in [0.29, 0.717) is 31.5 Å². The van der Waals surface area contributed by atoms with Crippen LogP contribution in [-0.2, 0) is 9.59 Å². The first-order chi connectivity index (χ1) is 12.9. The second-order valence-electron chi connectivity index (χ2n) is 6.76. The van der Waals surface area contributed by atoms with Gasteiger partial charge in [0.15, 0.2) is 0 Å². The molecule has 0 bridgehead atoms. The van der Waals surface area contributed by atoms with E-state index in [-0.39, 0.29) is 11.6 Å². The number of para-hydroxylation sites is 1. The first-order valence-electron chi connectivity index (χ1n) is 9.46. The highest BCUT2D eigenvalue weighted by atomic mass is 16.6. The minimum Gasteiger partial charge on any atom is -0.341 e. The summed E-state index contributed by atoms with van der Waals surface area (Å²) in [4.78, 5) is 37.9. The Morgan fingerprint density at radius 1 is 1.19 bits per heavy atom. The van der Waals surface area contributed by atoms with Crippen LogP contribution in [0.2, 0.25) is 0 Å². The van der Waals surface area contributed by atoms with Gasteiger partial charge in [0.05, 0.1) is 10.5 Å². The van der Waals surface area contributed by atoms with Crippen LogP contribution in [0.3, 0.4) is 0 Å². The molecule has 7 heteroatoms. The molecule has 2 amide bonds. The van der Waals surface area contributed by atoms with Gasteiger partial charge in [0.2, 0.25) is 11.8 Å². The molecule has 1 aliphatic carbocycles. The van der Waals surface area contributed by atoms with Gasteiger partial charge in [0.1, 0.15) is 5.54 Å². The van der Waals surface area contributed by atoms with Gasteiger partial charge in [-0.3, -0.25) is 19.7 Å². The molecule has 0 aliphatic heterocycles. The van der Waals surface area contributed by atoms with Crippen molar-refractivity contribution in [3.63, 3.8) is 0 Å². The number of nitrogens with one attached hydrogen (secondary N) is 1. The van der Waals surface area contributed by atoms with Gasteiger partial charge in [0, 0.05) is 25.2 Å². The van der Waals surface area contributed by atoms with E-state index in [9.17, 15) is 19.7 Å². The zero-order chi connectivity index (χ0) is 19.9. The molecule has 1 N–H and O–H groups in total. The third-order valence-corrected chi connectivity index (χ3v) is 5.08. The summed E-state index contributed by atoms with van der Waals surface area (Å²) < 4.78 is 0. The van der Waals surface area contributed by atoms with Crippen LogP contribution >= 0.6 is 0 Å². The standard InChI is InChI=1S/C20H27N3O4/c1-3-22(4-2)19(25)20(14-8-5-9-15-20)21-18(24)13-12-16-10-6-7-11-17(16)23(26)27/h6-7,10-13H,3-5,8-9,14-15H2,1-2H3,(H,21,24)/b13-12-. The smallest absolute Gasteiger partial charge is 0.276 e. The van der Waals surface area contributed by atoms with Gasteiger partial charge in [0.25, 0.3) is 5.69 Å². The Balaban J connectivity index is 2.19. The first kappa shape index (κ1) is 20.6. The fourth-order valence-electron chi connectivity index (χ4n) is 3.60. The Bertz CT molecular complexity index is 720. The molecule has 1 aromatic rings. The zero-order valence-electron chi connectivity index (χ0n) is 15.9. The summed E-state index contributed by atoms with van der Waals surface area (Å²) in [6.45, 7) is 5.04. The minimum atomic E-state index is -0.881. The van der Waals surface area contributed by atoms with E-state index in [4.69, 9.17) is 0 Å². The number of amides is 2. The SMILES string of the molecule is CCN(CC)C(=O)C1(NC(=O)/C=C\c2ccccc2[N+](=O)[O-])CCCCC1. The fourth-order valence-corrected chi connectivity index (χ4v) is 3.60. The monoisotopic (exact) mass is 373 g/mol. The quantitative estimate of drug-likeness (QED) is 0.451. The Hall–Kier alpha value is -2.70. The number of hydrogen-bond acceptors (Lipinski definition) is 4. The molecule has 1 saturated carbocycles. The molecule has 1 aliphatic rings. The predicted octanol–water partition coefficient (Wildman–Crippen LogP) is 3.30. The van der Waals surface area contributed by atoms with E-state index in [1.54, 1.807) is 23.1 Å². The molecule has 0 heterocycles. The Kier molecular flexibility index (Phi) is 7.10. The van der Waals surface area contributed by atoms with Crippen molar-refractivity contribution >= 4 is 23.6 Å². The van der Waals surface area contributed by atoms with Crippen LogP contribution in [0.5, 0.6) is 0 Å². The van der Waals surface area contributed by atoms with Crippen LogP contribution in [0, 0.1) is 10.1 Å². The van der Waals surface area contributed by atoms with E-state index in [0.717, 1.165) is 19.3 Å². The first-order valence-corrected chi connectivity index (χ1v) is 9.46. The van der Waals surface area contributed by atoms with E-state index in [1.165, 1.54) is 18.2 Å². The molecule has 0 aromatic heterocycles. The lowest BCUT2D eigenvalue weighted by Gasteiger charge is -2.39.